The second-order valence-electron chi connectivity index (χ2n) is 5.36. The van der Waals surface area contributed by atoms with Crippen LogP contribution < -0.4 is 10.1 Å². The number of pyridine rings is 1. The molecule has 6 nitrogen and oxygen atoms in total. The maximum atomic E-state index is 6.00. The molecule has 4 aromatic rings. The Bertz CT molecular complexity index is 1030. The number of nitrogens with one attached hydrogen (secondary N) is 1. The van der Waals surface area contributed by atoms with Gasteiger partial charge in [-0.25, -0.2) is 4.98 Å². The van der Waals surface area contributed by atoms with Gasteiger partial charge in [0.2, 0.25) is 5.13 Å². The van der Waals surface area contributed by atoms with Crippen LogP contribution in [0.25, 0.3) is 5.65 Å². The number of thioether (sulfide) groups is 1. The highest BCUT2D eigenvalue weighted by atomic mass is 35.5. The number of anilines is 2. The molecule has 3 aromatic heterocycles. The Balaban J connectivity index is 1.39. The number of hydrogen-bond acceptors (Lipinski definition) is 7. The molecule has 0 aliphatic heterocycles. The van der Waals surface area contributed by atoms with Gasteiger partial charge >= 0.3 is 0 Å². The zero-order valence-corrected chi connectivity index (χ0v) is 16.1. The number of hydrogen-bond donors (Lipinski definition) is 1. The van der Waals surface area contributed by atoms with Crippen LogP contribution in [0.4, 0.5) is 10.8 Å². The van der Waals surface area contributed by atoms with Gasteiger partial charge in [0, 0.05) is 23.8 Å². The number of aromatic nitrogens is 4. The summed E-state index contributed by atoms with van der Waals surface area (Å²) in [6.45, 7) is 0. The molecule has 0 aliphatic carbocycles. The summed E-state index contributed by atoms with van der Waals surface area (Å²) in [4.78, 5) is 4.57. The van der Waals surface area contributed by atoms with E-state index >= 15 is 0 Å². The highest BCUT2D eigenvalue weighted by molar-refractivity contribution is 8.00. The van der Waals surface area contributed by atoms with Gasteiger partial charge in [0.1, 0.15) is 11.4 Å². The van der Waals surface area contributed by atoms with E-state index in [1.165, 1.54) is 11.3 Å². The lowest BCUT2D eigenvalue weighted by atomic mass is 10.3. The summed E-state index contributed by atoms with van der Waals surface area (Å²) in [5.74, 6) is 1.54. The lowest BCUT2D eigenvalue weighted by Crippen LogP contribution is -1.89. The summed E-state index contributed by atoms with van der Waals surface area (Å²) in [6.07, 6.45) is 3.83. The molecule has 1 N–H and O–H groups in total. The first-order valence-electron chi connectivity index (χ1n) is 7.70. The smallest absolute Gasteiger partial charge is 0.210 e. The summed E-state index contributed by atoms with van der Waals surface area (Å²) in [6, 6.07) is 11.4. The van der Waals surface area contributed by atoms with Crippen LogP contribution in [0, 0.1) is 0 Å². The fourth-order valence-electron chi connectivity index (χ4n) is 2.34. The van der Waals surface area contributed by atoms with Crippen molar-refractivity contribution in [3.05, 3.63) is 59.5 Å². The topological polar surface area (TPSA) is 64.3 Å². The summed E-state index contributed by atoms with van der Waals surface area (Å²) in [5.41, 5.74) is 2.79. The van der Waals surface area contributed by atoms with Crippen molar-refractivity contribution in [1.29, 1.82) is 0 Å². The van der Waals surface area contributed by atoms with Crippen LogP contribution in [0.2, 0.25) is 5.02 Å². The first-order valence-corrected chi connectivity index (χ1v) is 9.88. The van der Waals surface area contributed by atoms with Crippen LogP contribution in [0.3, 0.4) is 0 Å². The molecule has 0 aliphatic rings. The predicted molar refractivity (Wildman–Crippen MR) is 106 cm³/mol. The monoisotopic (exact) mass is 403 g/mol. The van der Waals surface area contributed by atoms with Crippen molar-refractivity contribution in [3.8, 4) is 5.75 Å². The summed E-state index contributed by atoms with van der Waals surface area (Å²) < 4.78 is 7.97. The zero-order valence-electron chi connectivity index (χ0n) is 13.7. The van der Waals surface area contributed by atoms with Crippen molar-refractivity contribution in [2.24, 2.45) is 0 Å². The van der Waals surface area contributed by atoms with E-state index < -0.39 is 0 Å². The third-order valence-electron chi connectivity index (χ3n) is 3.56. The normalized spacial score (nSPS) is 11.0. The SMILES string of the molecule is COc1ccc(Nc2nnc(SCc3cn4cc(Cl)ccc4n3)s2)cc1. The lowest BCUT2D eigenvalue weighted by molar-refractivity contribution is 0.415. The molecule has 0 radical (unpaired) electrons. The van der Waals surface area contributed by atoms with Gasteiger partial charge in [0.05, 0.1) is 17.8 Å². The Labute approximate surface area is 163 Å². The summed E-state index contributed by atoms with van der Waals surface area (Å²) in [5, 5.41) is 13.1. The molecule has 0 spiro atoms. The van der Waals surface area contributed by atoms with Gasteiger partial charge < -0.3 is 14.5 Å². The number of fused-ring (bicyclic) bond motifs is 1. The second-order valence-corrected chi connectivity index (χ2v) is 8.00. The molecule has 3 heterocycles. The molecule has 0 saturated heterocycles. The molecule has 132 valence electrons. The Kier molecular flexibility index (Phi) is 4.96. The van der Waals surface area contributed by atoms with E-state index in [2.05, 4.69) is 20.5 Å². The largest absolute Gasteiger partial charge is 0.497 e. The van der Waals surface area contributed by atoms with E-state index in [-0.39, 0.29) is 0 Å². The van der Waals surface area contributed by atoms with E-state index in [1.54, 1.807) is 18.9 Å². The van der Waals surface area contributed by atoms with E-state index in [4.69, 9.17) is 16.3 Å². The number of ether oxygens (including phenoxy) is 1. The molecule has 0 bridgehead atoms. The maximum absolute atomic E-state index is 6.00. The average molecular weight is 404 g/mol. The Morgan fingerprint density at radius 1 is 1.15 bits per heavy atom. The van der Waals surface area contributed by atoms with Gasteiger partial charge in [0.15, 0.2) is 4.34 Å². The number of methoxy groups -OCH3 is 1. The third-order valence-corrected chi connectivity index (χ3v) is 5.79. The van der Waals surface area contributed by atoms with Gasteiger partial charge in [-0.2, -0.15) is 0 Å². The van der Waals surface area contributed by atoms with Gasteiger partial charge in [-0.05, 0) is 36.4 Å². The molecule has 26 heavy (non-hydrogen) atoms. The Morgan fingerprint density at radius 2 is 2.00 bits per heavy atom. The van der Waals surface area contributed by atoms with Crippen LogP contribution in [-0.4, -0.2) is 26.7 Å². The quantitative estimate of drug-likeness (QED) is 0.463. The van der Waals surface area contributed by atoms with Gasteiger partial charge in [-0.3, -0.25) is 0 Å². The Hall–Kier alpha value is -2.29. The molecular formula is C17H14ClN5OS2. The minimum Gasteiger partial charge on any atom is -0.497 e. The van der Waals surface area contributed by atoms with Crippen LogP contribution in [-0.2, 0) is 5.75 Å². The predicted octanol–water partition coefficient (Wildman–Crippen LogP) is 4.88. The van der Waals surface area contributed by atoms with Crippen molar-refractivity contribution in [2.75, 3.05) is 12.4 Å². The zero-order chi connectivity index (χ0) is 17.9. The van der Waals surface area contributed by atoms with Crippen molar-refractivity contribution >= 4 is 51.2 Å². The first-order chi connectivity index (χ1) is 12.7. The Morgan fingerprint density at radius 3 is 2.81 bits per heavy atom. The molecule has 9 heteroatoms. The molecule has 0 fully saturated rings. The van der Waals surface area contributed by atoms with Crippen LogP contribution >= 0.6 is 34.7 Å². The molecule has 1 aromatic carbocycles. The van der Waals surface area contributed by atoms with Gasteiger partial charge in [-0.15, -0.1) is 10.2 Å². The highest BCUT2D eigenvalue weighted by Gasteiger charge is 2.08. The van der Waals surface area contributed by atoms with E-state index in [0.717, 1.165) is 38.0 Å². The lowest BCUT2D eigenvalue weighted by Gasteiger charge is -2.03. The summed E-state index contributed by atoms with van der Waals surface area (Å²) in [7, 11) is 1.65. The third kappa shape index (κ3) is 3.92. The average Bonchev–Trinajstić information content (AvgIpc) is 3.26. The van der Waals surface area contributed by atoms with Crippen molar-refractivity contribution in [1.82, 2.24) is 19.6 Å². The fraction of sp³-hybridized carbons (Fsp3) is 0.118. The number of halogens is 1. The van der Waals surface area contributed by atoms with Gasteiger partial charge in [0.25, 0.3) is 0 Å². The van der Waals surface area contributed by atoms with Crippen molar-refractivity contribution in [2.45, 2.75) is 10.1 Å². The molecular weight excluding hydrogens is 390 g/mol. The minimum absolute atomic E-state index is 0.687. The van der Waals surface area contributed by atoms with E-state index in [1.807, 2.05) is 53.2 Å². The number of rotatable bonds is 6. The molecule has 0 saturated carbocycles. The van der Waals surface area contributed by atoms with Gasteiger partial charge in [-0.1, -0.05) is 34.7 Å². The van der Waals surface area contributed by atoms with Crippen molar-refractivity contribution in [3.63, 3.8) is 0 Å². The fourth-order valence-corrected chi connectivity index (χ4v) is 4.16. The summed E-state index contributed by atoms with van der Waals surface area (Å²) >= 11 is 9.12. The molecule has 0 atom stereocenters. The van der Waals surface area contributed by atoms with Crippen LogP contribution in [0.1, 0.15) is 5.69 Å². The molecule has 0 amide bonds. The van der Waals surface area contributed by atoms with E-state index in [9.17, 15) is 0 Å². The number of nitrogens with zero attached hydrogens (tertiary/aromatic N) is 4. The number of benzene rings is 1. The maximum Gasteiger partial charge on any atom is 0.210 e. The number of imidazole rings is 1. The first kappa shape index (κ1) is 17.1. The molecule has 0 unspecified atom stereocenters. The van der Waals surface area contributed by atoms with Crippen LogP contribution in [0.15, 0.2) is 53.1 Å². The standard InChI is InChI=1S/C17H14ClN5OS2/c1-24-14-5-3-12(4-6-14)20-16-21-22-17(26-16)25-10-13-9-23-8-11(18)2-7-15(23)19-13/h2-9H,10H2,1H3,(H,20,21). The second kappa shape index (κ2) is 7.53. The van der Waals surface area contributed by atoms with E-state index in [0.29, 0.717) is 5.02 Å². The van der Waals surface area contributed by atoms with Crippen LogP contribution in [0.5, 0.6) is 5.75 Å². The minimum atomic E-state index is 0.687. The highest BCUT2D eigenvalue weighted by Crippen LogP contribution is 2.30. The molecule has 4 rings (SSSR count). The van der Waals surface area contributed by atoms with Crippen molar-refractivity contribution < 1.29 is 4.74 Å².